The molecule has 0 radical (unpaired) electrons. The average Bonchev–Trinajstić information content (AvgIpc) is 2.53. The van der Waals surface area contributed by atoms with E-state index in [9.17, 15) is 0 Å². The molecule has 122 valence electrons. The van der Waals surface area contributed by atoms with E-state index in [0.717, 1.165) is 25.5 Å². The highest BCUT2D eigenvalue weighted by Gasteiger charge is 2.55. The quantitative estimate of drug-likeness (QED) is 0.447. The molecule has 0 aromatic rings. The van der Waals surface area contributed by atoms with Crippen LogP contribution in [0.4, 0.5) is 0 Å². The molecule has 2 saturated carbocycles. The lowest BCUT2D eigenvalue weighted by Gasteiger charge is -2.57. The van der Waals surface area contributed by atoms with E-state index in [0.29, 0.717) is 24.2 Å². The Bertz CT molecular complexity index is 340. The van der Waals surface area contributed by atoms with Crippen LogP contribution in [0.1, 0.15) is 45.4 Å². The molecule has 0 aromatic carbocycles. The molecule has 2 unspecified atom stereocenters. The first-order valence-electron chi connectivity index (χ1n) is 8.34. The van der Waals surface area contributed by atoms with Crippen molar-refractivity contribution in [3.63, 3.8) is 0 Å². The number of methoxy groups -OCH3 is 1. The summed E-state index contributed by atoms with van der Waals surface area (Å²) in [5.74, 6) is 0.886. The zero-order valence-electron chi connectivity index (χ0n) is 13.8. The first-order chi connectivity index (χ1) is 10.3. The van der Waals surface area contributed by atoms with Gasteiger partial charge in [0.15, 0.2) is 5.96 Å². The largest absolute Gasteiger partial charge is 0.383 e. The third-order valence-corrected chi connectivity index (χ3v) is 5.07. The summed E-state index contributed by atoms with van der Waals surface area (Å²) in [6, 6.07) is 0.489. The Kier molecular flexibility index (Phi) is 6.30. The summed E-state index contributed by atoms with van der Waals surface area (Å²) in [5, 5.41) is 6.93. The topological polar surface area (TPSA) is 54.9 Å². The van der Waals surface area contributed by atoms with Gasteiger partial charge < -0.3 is 20.1 Å². The van der Waals surface area contributed by atoms with Crippen LogP contribution in [-0.2, 0) is 9.47 Å². The van der Waals surface area contributed by atoms with Crippen molar-refractivity contribution in [1.29, 1.82) is 0 Å². The van der Waals surface area contributed by atoms with E-state index in [1.54, 1.807) is 7.11 Å². The molecular weight excluding hydrogens is 266 g/mol. The molecule has 2 N–H and O–H groups in total. The van der Waals surface area contributed by atoms with Gasteiger partial charge in [-0.05, 0) is 26.2 Å². The van der Waals surface area contributed by atoms with Gasteiger partial charge in [-0.3, -0.25) is 4.99 Å². The monoisotopic (exact) mass is 297 g/mol. The Labute approximate surface area is 128 Å². The lowest BCUT2D eigenvalue weighted by Crippen LogP contribution is -2.66. The van der Waals surface area contributed by atoms with Gasteiger partial charge in [-0.25, -0.2) is 0 Å². The van der Waals surface area contributed by atoms with Gasteiger partial charge in [0, 0.05) is 38.8 Å². The minimum absolute atomic E-state index is 0.327. The molecule has 0 amide bonds. The maximum Gasteiger partial charge on any atom is 0.191 e. The third kappa shape index (κ3) is 3.69. The van der Waals surface area contributed by atoms with Crippen molar-refractivity contribution in [3.8, 4) is 0 Å². The van der Waals surface area contributed by atoms with Crippen molar-refractivity contribution in [2.24, 2.45) is 10.4 Å². The van der Waals surface area contributed by atoms with E-state index in [4.69, 9.17) is 9.47 Å². The molecule has 0 saturated heterocycles. The second kappa shape index (κ2) is 7.99. The number of guanidine groups is 1. The number of hydrogen-bond acceptors (Lipinski definition) is 3. The number of ether oxygens (including phenoxy) is 2. The molecule has 1 spiro atoms. The highest BCUT2D eigenvalue weighted by molar-refractivity contribution is 5.80. The Hall–Kier alpha value is -0.810. The molecule has 2 aliphatic carbocycles. The van der Waals surface area contributed by atoms with Gasteiger partial charge in [-0.1, -0.05) is 19.3 Å². The smallest absolute Gasteiger partial charge is 0.191 e. The van der Waals surface area contributed by atoms with E-state index in [2.05, 4.69) is 22.5 Å². The van der Waals surface area contributed by atoms with Crippen molar-refractivity contribution >= 4 is 5.96 Å². The van der Waals surface area contributed by atoms with Crippen molar-refractivity contribution in [2.75, 3.05) is 33.9 Å². The van der Waals surface area contributed by atoms with E-state index >= 15 is 0 Å². The lowest BCUT2D eigenvalue weighted by atomic mass is 9.55. The Morgan fingerprint density at radius 2 is 2.05 bits per heavy atom. The van der Waals surface area contributed by atoms with Crippen molar-refractivity contribution in [1.82, 2.24) is 10.6 Å². The van der Waals surface area contributed by atoms with E-state index in [-0.39, 0.29) is 0 Å². The van der Waals surface area contributed by atoms with E-state index < -0.39 is 0 Å². The highest BCUT2D eigenvalue weighted by atomic mass is 16.5. The van der Waals surface area contributed by atoms with Gasteiger partial charge in [0.1, 0.15) is 0 Å². The standard InChI is InChI=1S/C16H31N3O2/c1-4-21-14-12-13(16(14)8-6-5-7-9-16)19-15(17-2)18-10-11-20-3/h13-14H,4-12H2,1-3H3,(H2,17,18,19). The summed E-state index contributed by atoms with van der Waals surface area (Å²) in [6.45, 7) is 4.39. The van der Waals surface area contributed by atoms with Crippen molar-refractivity contribution < 1.29 is 9.47 Å². The van der Waals surface area contributed by atoms with Crippen LogP contribution in [0, 0.1) is 5.41 Å². The Balaban J connectivity index is 1.92. The van der Waals surface area contributed by atoms with E-state index in [1.807, 2.05) is 7.05 Å². The molecule has 21 heavy (non-hydrogen) atoms. The number of rotatable bonds is 6. The second-order valence-corrected chi connectivity index (χ2v) is 6.16. The SMILES string of the molecule is CCOC1CC(NC(=NC)NCCOC)C12CCCCC2. The molecule has 2 aliphatic rings. The first kappa shape index (κ1) is 16.6. The maximum absolute atomic E-state index is 5.99. The van der Waals surface area contributed by atoms with Crippen molar-refractivity contribution in [2.45, 2.75) is 57.6 Å². The molecule has 0 heterocycles. The number of nitrogens with zero attached hydrogens (tertiary/aromatic N) is 1. The summed E-state index contributed by atoms with van der Waals surface area (Å²) in [4.78, 5) is 4.33. The summed E-state index contributed by atoms with van der Waals surface area (Å²) >= 11 is 0. The van der Waals surface area contributed by atoms with Gasteiger partial charge >= 0.3 is 0 Å². The minimum atomic E-state index is 0.327. The maximum atomic E-state index is 5.99. The summed E-state index contributed by atoms with van der Waals surface area (Å²) < 4.78 is 11.1. The van der Waals surface area contributed by atoms with Crippen LogP contribution in [0.3, 0.4) is 0 Å². The average molecular weight is 297 g/mol. The van der Waals surface area contributed by atoms with Crippen molar-refractivity contribution in [3.05, 3.63) is 0 Å². The summed E-state index contributed by atoms with van der Waals surface area (Å²) in [7, 11) is 3.54. The van der Waals surface area contributed by atoms with Crippen LogP contribution < -0.4 is 10.6 Å². The fourth-order valence-corrected chi connectivity index (χ4v) is 3.90. The van der Waals surface area contributed by atoms with Gasteiger partial charge in [0.05, 0.1) is 12.7 Å². The van der Waals surface area contributed by atoms with Crippen LogP contribution >= 0.6 is 0 Å². The van der Waals surface area contributed by atoms with Gasteiger partial charge in [0.2, 0.25) is 0 Å². The molecule has 0 aromatic heterocycles. The molecule has 2 rings (SSSR count). The van der Waals surface area contributed by atoms with Crippen LogP contribution in [0.5, 0.6) is 0 Å². The Morgan fingerprint density at radius 1 is 1.29 bits per heavy atom. The third-order valence-electron chi connectivity index (χ3n) is 5.07. The molecule has 5 heteroatoms. The predicted molar refractivity (Wildman–Crippen MR) is 85.7 cm³/mol. The molecular formula is C16H31N3O2. The fourth-order valence-electron chi connectivity index (χ4n) is 3.90. The second-order valence-electron chi connectivity index (χ2n) is 6.16. The highest BCUT2D eigenvalue weighted by Crippen LogP contribution is 2.53. The lowest BCUT2D eigenvalue weighted by molar-refractivity contribution is -0.145. The van der Waals surface area contributed by atoms with Gasteiger partial charge in [-0.2, -0.15) is 0 Å². The number of hydrogen-bond donors (Lipinski definition) is 2. The first-order valence-corrected chi connectivity index (χ1v) is 8.34. The summed E-state index contributed by atoms with van der Waals surface area (Å²) in [5.41, 5.74) is 0.327. The van der Waals surface area contributed by atoms with E-state index in [1.165, 1.54) is 32.1 Å². The molecule has 0 aliphatic heterocycles. The van der Waals surface area contributed by atoms with Gasteiger partial charge in [0.25, 0.3) is 0 Å². The minimum Gasteiger partial charge on any atom is -0.383 e. The normalized spacial score (nSPS) is 28.2. The van der Waals surface area contributed by atoms with Gasteiger partial charge in [-0.15, -0.1) is 0 Å². The number of nitrogens with one attached hydrogen (secondary N) is 2. The van der Waals surface area contributed by atoms with Crippen LogP contribution in [0.25, 0.3) is 0 Å². The molecule has 0 bridgehead atoms. The Morgan fingerprint density at radius 3 is 2.67 bits per heavy atom. The molecule has 2 fully saturated rings. The van der Waals surface area contributed by atoms with Crippen LogP contribution in [0.2, 0.25) is 0 Å². The van der Waals surface area contributed by atoms with Crippen LogP contribution in [0.15, 0.2) is 4.99 Å². The fraction of sp³-hybridized carbons (Fsp3) is 0.938. The zero-order chi connectivity index (χ0) is 15.1. The summed E-state index contributed by atoms with van der Waals surface area (Å²) in [6.07, 6.45) is 8.12. The predicted octanol–water partition coefficient (Wildman–Crippen LogP) is 1.93. The molecule has 5 nitrogen and oxygen atoms in total. The zero-order valence-corrected chi connectivity index (χ0v) is 13.8. The van der Waals surface area contributed by atoms with Crippen LogP contribution in [-0.4, -0.2) is 52.0 Å². The molecule has 2 atom stereocenters. The number of aliphatic imine (C=N–C) groups is 1.